The van der Waals surface area contributed by atoms with E-state index in [1.807, 2.05) is 31.2 Å². The molecule has 0 N–H and O–H groups in total. The maximum atomic E-state index is 12.7. The van der Waals surface area contributed by atoms with Crippen LogP contribution in [0.15, 0.2) is 35.6 Å². The molecule has 0 aliphatic carbocycles. The molecule has 5 heteroatoms. The molecule has 3 rings (SSSR count). The molecule has 0 fully saturated rings. The van der Waals surface area contributed by atoms with Gasteiger partial charge in [-0.15, -0.1) is 11.3 Å². The molecule has 2 aromatic heterocycles. The van der Waals surface area contributed by atoms with E-state index in [1.165, 1.54) is 27.8 Å². The number of fused-ring (bicyclic) bond motifs is 1. The van der Waals surface area contributed by atoms with Gasteiger partial charge in [-0.25, -0.2) is 9.97 Å². The number of carbonyl (C=O) groups is 1. The summed E-state index contributed by atoms with van der Waals surface area (Å²) < 4.78 is 0. The molecule has 1 unspecified atom stereocenters. The van der Waals surface area contributed by atoms with Crippen LogP contribution in [-0.4, -0.2) is 21.0 Å². The molecule has 3 nitrogen and oxygen atoms in total. The third kappa shape index (κ3) is 3.23. The first-order chi connectivity index (χ1) is 11.5. The minimum Gasteiger partial charge on any atom is -0.293 e. The molecular formula is C19H20N2OS2. The zero-order valence-corrected chi connectivity index (χ0v) is 15.9. The molecule has 124 valence electrons. The van der Waals surface area contributed by atoms with Crippen molar-refractivity contribution in [2.75, 3.05) is 0 Å². The molecule has 2 heterocycles. The highest BCUT2D eigenvalue weighted by Crippen LogP contribution is 2.36. The molecule has 24 heavy (non-hydrogen) atoms. The number of benzene rings is 1. The number of hydrogen-bond acceptors (Lipinski definition) is 5. The van der Waals surface area contributed by atoms with E-state index in [2.05, 4.69) is 30.7 Å². The molecule has 0 saturated carbocycles. The van der Waals surface area contributed by atoms with Gasteiger partial charge in [0.2, 0.25) is 0 Å². The lowest BCUT2D eigenvalue weighted by Gasteiger charge is -2.11. The van der Waals surface area contributed by atoms with Crippen LogP contribution >= 0.6 is 23.1 Å². The fraction of sp³-hybridized carbons (Fsp3) is 0.316. The van der Waals surface area contributed by atoms with Crippen molar-refractivity contribution >= 4 is 39.1 Å². The summed E-state index contributed by atoms with van der Waals surface area (Å²) in [6.07, 6.45) is 2.57. The Kier molecular flexibility index (Phi) is 5.01. The van der Waals surface area contributed by atoms with E-state index in [0.29, 0.717) is 0 Å². The van der Waals surface area contributed by atoms with Crippen molar-refractivity contribution in [2.24, 2.45) is 0 Å². The predicted octanol–water partition coefficient (Wildman–Crippen LogP) is 5.23. The lowest BCUT2D eigenvalue weighted by atomic mass is 10.1. The Morgan fingerprint density at radius 2 is 1.92 bits per heavy atom. The van der Waals surface area contributed by atoms with Gasteiger partial charge in [0.15, 0.2) is 5.78 Å². The first-order valence-electron chi connectivity index (χ1n) is 8.01. The van der Waals surface area contributed by atoms with Crippen LogP contribution in [0.1, 0.15) is 40.2 Å². The summed E-state index contributed by atoms with van der Waals surface area (Å²) >= 11 is 3.20. The number of thioether (sulfide) groups is 1. The van der Waals surface area contributed by atoms with Gasteiger partial charge in [-0.05, 0) is 38.3 Å². The SMILES string of the molecule is CCc1ccc(C(=O)C(C)Sc2ncnc3sc(C)c(C)c23)cc1. The lowest BCUT2D eigenvalue weighted by Crippen LogP contribution is -2.13. The Balaban J connectivity index is 1.86. The second kappa shape index (κ2) is 7.03. The zero-order valence-electron chi connectivity index (χ0n) is 14.3. The quantitative estimate of drug-likeness (QED) is 0.356. The lowest BCUT2D eigenvalue weighted by molar-refractivity contribution is 0.0994. The molecule has 0 spiro atoms. The monoisotopic (exact) mass is 356 g/mol. The van der Waals surface area contributed by atoms with Crippen molar-refractivity contribution in [1.29, 1.82) is 0 Å². The van der Waals surface area contributed by atoms with E-state index in [4.69, 9.17) is 0 Å². The zero-order chi connectivity index (χ0) is 17.3. The summed E-state index contributed by atoms with van der Waals surface area (Å²) in [5, 5.41) is 1.80. The van der Waals surface area contributed by atoms with Crippen LogP contribution in [-0.2, 0) is 6.42 Å². The van der Waals surface area contributed by atoms with Gasteiger partial charge in [-0.1, -0.05) is 43.0 Å². The minimum absolute atomic E-state index is 0.138. The highest BCUT2D eigenvalue weighted by atomic mass is 32.2. The molecule has 0 radical (unpaired) electrons. The normalized spacial score (nSPS) is 12.5. The number of thiophene rings is 1. The number of hydrogen-bond donors (Lipinski definition) is 0. The van der Waals surface area contributed by atoms with Gasteiger partial charge in [-0.3, -0.25) is 4.79 Å². The summed E-state index contributed by atoms with van der Waals surface area (Å²) in [6, 6.07) is 7.90. The van der Waals surface area contributed by atoms with Crippen molar-refractivity contribution in [3.8, 4) is 0 Å². The number of ketones is 1. The van der Waals surface area contributed by atoms with E-state index in [9.17, 15) is 4.79 Å². The van der Waals surface area contributed by atoms with Gasteiger partial charge >= 0.3 is 0 Å². The topological polar surface area (TPSA) is 42.9 Å². The number of nitrogens with zero attached hydrogens (tertiary/aromatic N) is 2. The Morgan fingerprint density at radius 1 is 1.21 bits per heavy atom. The molecule has 0 amide bonds. The molecule has 0 aliphatic rings. The van der Waals surface area contributed by atoms with Crippen LogP contribution in [0.5, 0.6) is 0 Å². The maximum absolute atomic E-state index is 12.7. The van der Waals surface area contributed by atoms with Crippen LogP contribution in [0.2, 0.25) is 0 Å². The fourth-order valence-corrected chi connectivity index (χ4v) is 4.71. The van der Waals surface area contributed by atoms with Crippen LogP contribution in [0, 0.1) is 13.8 Å². The molecule has 0 aliphatic heterocycles. The van der Waals surface area contributed by atoms with Crippen LogP contribution in [0.4, 0.5) is 0 Å². The summed E-state index contributed by atoms with van der Waals surface area (Å²) in [4.78, 5) is 23.8. The Morgan fingerprint density at radius 3 is 2.58 bits per heavy atom. The smallest absolute Gasteiger partial charge is 0.175 e. The van der Waals surface area contributed by atoms with Gasteiger partial charge in [0.1, 0.15) is 16.2 Å². The minimum atomic E-state index is -0.185. The van der Waals surface area contributed by atoms with Crippen molar-refractivity contribution in [2.45, 2.75) is 44.4 Å². The summed E-state index contributed by atoms with van der Waals surface area (Å²) in [5.74, 6) is 0.138. The summed E-state index contributed by atoms with van der Waals surface area (Å²) in [7, 11) is 0. The third-order valence-electron chi connectivity index (χ3n) is 4.23. The number of carbonyl (C=O) groups excluding carboxylic acids is 1. The van der Waals surface area contributed by atoms with E-state index >= 15 is 0 Å². The number of aryl methyl sites for hydroxylation is 3. The molecule has 1 aromatic carbocycles. The van der Waals surface area contributed by atoms with Crippen LogP contribution in [0.25, 0.3) is 10.2 Å². The van der Waals surface area contributed by atoms with Gasteiger partial charge < -0.3 is 0 Å². The predicted molar refractivity (Wildman–Crippen MR) is 102 cm³/mol. The van der Waals surface area contributed by atoms with Gasteiger partial charge in [0, 0.05) is 15.8 Å². The highest BCUT2D eigenvalue weighted by Gasteiger charge is 2.20. The third-order valence-corrected chi connectivity index (χ3v) is 6.45. The fourth-order valence-electron chi connectivity index (χ4n) is 2.60. The Labute approximate surface area is 150 Å². The molecule has 0 saturated heterocycles. The first-order valence-corrected chi connectivity index (χ1v) is 9.71. The second-order valence-electron chi connectivity index (χ2n) is 5.82. The van der Waals surface area contributed by atoms with E-state index < -0.39 is 0 Å². The highest BCUT2D eigenvalue weighted by molar-refractivity contribution is 8.00. The van der Waals surface area contributed by atoms with Crippen molar-refractivity contribution in [3.05, 3.63) is 52.2 Å². The van der Waals surface area contributed by atoms with Crippen molar-refractivity contribution in [1.82, 2.24) is 9.97 Å². The average molecular weight is 357 g/mol. The van der Waals surface area contributed by atoms with E-state index in [-0.39, 0.29) is 11.0 Å². The largest absolute Gasteiger partial charge is 0.293 e. The van der Waals surface area contributed by atoms with Crippen LogP contribution < -0.4 is 0 Å². The molecule has 1 atom stereocenters. The Bertz CT molecular complexity index is 884. The maximum Gasteiger partial charge on any atom is 0.175 e. The van der Waals surface area contributed by atoms with Gasteiger partial charge in [0.05, 0.1) is 5.25 Å². The molecule has 3 aromatic rings. The average Bonchev–Trinajstić information content (AvgIpc) is 2.89. The van der Waals surface area contributed by atoms with Crippen molar-refractivity contribution < 1.29 is 4.79 Å². The molecule has 0 bridgehead atoms. The number of aromatic nitrogens is 2. The Hall–Kier alpha value is -1.72. The van der Waals surface area contributed by atoms with E-state index in [0.717, 1.165) is 27.2 Å². The summed E-state index contributed by atoms with van der Waals surface area (Å²) in [5.41, 5.74) is 3.22. The standard InChI is InChI=1S/C19H20N2OS2/c1-5-14-6-8-15(9-7-14)17(22)13(4)24-19-16-11(2)12(3)23-18(16)20-10-21-19/h6-10,13H,5H2,1-4H3. The molecular weight excluding hydrogens is 336 g/mol. The second-order valence-corrected chi connectivity index (χ2v) is 8.35. The van der Waals surface area contributed by atoms with Gasteiger partial charge in [-0.2, -0.15) is 0 Å². The van der Waals surface area contributed by atoms with E-state index in [1.54, 1.807) is 17.7 Å². The summed E-state index contributed by atoms with van der Waals surface area (Å²) in [6.45, 7) is 8.25. The number of Topliss-reactive ketones (excluding diaryl/α,β-unsaturated/α-hetero) is 1. The first kappa shape index (κ1) is 17.1. The number of rotatable bonds is 5. The van der Waals surface area contributed by atoms with Crippen LogP contribution in [0.3, 0.4) is 0 Å². The van der Waals surface area contributed by atoms with Crippen molar-refractivity contribution in [3.63, 3.8) is 0 Å². The van der Waals surface area contributed by atoms with Gasteiger partial charge in [0.25, 0.3) is 0 Å².